The highest BCUT2D eigenvalue weighted by molar-refractivity contribution is 9.10. The van der Waals surface area contributed by atoms with E-state index in [1.165, 1.54) is 12.1 Å². The van der Waals surface area contributed by atoms with Crippen molar-refractivity contribution < 1.29 is 17.9 Å². The summed E-state index contributed by atoms with van der Waals surface area (Å²) < 4.78 is 27.6. The van der Waals surface area contributed by atoms with E-state index < -0.39 is 15.0 Å². The van der Waals surface area contributed by atoms with Gasteiger partial charge in [0.1, 0.15) is 0 Å². The first kappa shape index (κ1) is 14.5. The molecule has 4 nitrogen and oxygen atoms in total. The zero-order chi connectivity index (χ0) is 13.2. The van der Waals surface area contributed by atoms with Crippen LogP contribution in [0.1, 0.15) is 22.8 Å². The molecule has 1 aromatic rings. The molecule has 0 fully saturated rings. The van der Waals surface area contributed by atoms with Crippen molar-refractivity contribution >= 4 is 41.6 Å². The topological polar surface area (TPSA) is 60.4 Å². The summed E-state index contributed by atoms with van der Waals surface area (Å²) in [5.74, 6) is -0.593. The van der Waals surface area contributed by atoms with E-state index in [4.69, 9.17) is 15.4 Å². The van der Waals surface area contributed by atoms with E-state index in [2.05, 4.69) is 15.9 Å². The largest absolute Gasteiger partial charge is 0.462 e. The SMILES string of the molecule is CCOC(=O)c1cc(C)cc(S(=O)(=O)Cl)c1Br. The van der Waals surface area contributed by atoms with Gasteiger partial charge in [-0.05, 0) is 47.5 Å². The van der Waals surface area contributed by atoms with Gasteiger partial charge >= 0.3 is 5.97 Å². The van der Waals surface area contributed by atoms with Gasteiger partial charge in [-0.15, -0.1) is 0 Å². The number of hydrogen-bond donors (Lipinski definition) is 0. The molecule has 0 atom stereocenters. The van der Waals surface area contributed by atoms with Gasteiger partial charge in [-0.3, -0.25) is 0 Å². The van der Waals surface area contributed by atoms with Gasteiger partial charge in [0.2, 0.25) is 0 Å². The fourth-order valence-corrected chi connectivity index (χ4v) is 3.60. The number of halogens is 2. The summed E-state index contributed by atoms with van der Waals surface area (Å²) in [6.45, 7) is 3.55. The maximum Gasteiger partial charge on any atom is 0.339 e. The molecule has 0 aliphatic heterocycles. The first-order valence-corrected chi connectivity index (χ1v) is 7.79. The lowest BCUT2D eigenvalue weighted by molar-refractivity contribution is 0.0525. The van der Waals surface area contributed by atoms with Crippen LogP contribution in [0.2, 0.25) is 0 Å². The molecule has 0 unspecified atom stereocenters. The second-order valence-electron chi connectivity index (χ2n) is 3.28. The van der Waals surface area contributed by atoms with Crippen LogP contribution in [0.25, 0.3) is 0 Å². The summed E-state index contributed by atoms with van der Waals surface area (Å²) in [6, 6.07) is 2.92. The average molecular weight is 342 g/mol. The second-order valence-corrected chi connectivity index (χ2v) is 6.61. The summed E-state index contributed by atoms with van der Waals surface area (Å²) in [5, 5.41) is 0. The highest BCUT2D eigenvalue weighted by Gasteiger charge is 2.21. The van der Waals surface area contributed by atoms with E-state index in [0.29, 0.717) is 5.56 Å². The van der Waals surface area contributed by atoms with E-state index in [9.17, 15) is 13.2 Å². The van der Waals surface area contributed by atoms with Gasteiger partial charge in [0.15, 0.2) is 0 Å². The smallest absolute Gasteiger partial charge is 0.339 e. The van der Waals surface area contributed by atoms with E-state index in [1.54, 1.807) is 13.8 Å². The summed E-state index contributed by atoms with van der Waals surface area (Å²) in [4.78, 5) is 11.5. The zero-order valence-electron chi connectivity index (χ0n) is 9.16. The number of ether oxygens (including phenoxy) is 1. The Bertz CT molecular complexity index is 554. The summed E-state index contributed by atoms with van der Waals surface area (Å²) in [6.07, 6.45) is 0. The summed E-state index contributed by atoms with van der Waals surface area (Å²) in [7, 11) is 1.37. The lowest BCUT2D eigenvalue weighted by Gasteiger charge is -2.08. The van der Waals surface area contributed by atoms with E-state index >= 15 is 0 Å². The second kappa shape index (κ2) is 5.37. The molecule has 0 saturated carbocycles. The Labute approximate surface area is 112 Å². The van der Waals surface area contributed by atoms with Gasteiger partial charge in [-0.2, -0.15) is 0 Å². The van der Waals surface area contributed by atoms with Crippen molar-refractivity contribution in [2.45, 2.75) is 18.7 Å². The van der Waals surface area contributed by atoms with Crippen LogP contribution in [0.5, 0.6) is 0 Å². The van der Waals surface area contributed by atoms with Crippen molar-refractivity contribution in [1.82, 2.24) is 0 Å². The number of carbonyl (C=O) groups is 1. The number of aryl methyl sites for hydroxylation is 1. The van der Waals surface area contributed by atoms with Crippen LogP contribution in [-0.4, -0.2) is 21.0 Å². The van der Waals surface area contributed by atoms with E-state index in [0.717, 1.165) is 0 Å². The number of carbonyl (C=O) groups excluding carboxylic acids is 1. The van der Waals surface area contributed by atoms with Crippen molar-refractivity contribution in [2.75, 3.05) is 6.61 Å². The van der Waals surface area contributed by atoms with Crippen LogP contribution in [0.3, 0.4) is 0 Å². The quantitative estimate of drug-likeness (QED) is 0.626. The Morgan fingerprint density at radius 1 is 1.47 bits per heavy atom. The lowest BCUT2D eigenvalue weighted by atomic mass is 10.1. The minimum Gasteiger partial charge on any atom is -0.462 e. The summed E-state index contributed by atoms with van der Waals surface area (Å²) >= 11 is 3.06. The molecule has 7 heteroatoms. The van der Waals surface area contributed by atoms with Crippen molar-refractivity contribution in [3.05, 3.63) is 27.7 Å². The Hall–Kier alpha value is -0.590. The molecule has 0 N–H and O–H groups in total. The van der Waals surface area contributed by atoms with Crippen LogP contribution < -0.4 is 0 Å². The molecular weight excluding hydrogens is 332 g/mol. The van der Waals surface area contributed by atoms with Gasteiger partial charge in [-0.25, -0.2) is 13.2 Å². The van der Waals surface area contributed by atoms with E-state index in [-0.39, 0.29) is 21.5 Å². The fourth-order valence-electron chi connectivity index (χ4n) is 1.27. The maximum atomic E-state index is 11.6. The monoisotopic (exact) mass is 340 g/mol. The molecule has 0 aliphatic carbocycles. The normalized spacial score (nSPS) is 11.3. The number of esters is 1. The highest BCUT2D eigenvalue weighted by Crippen LogP contribution is 2.30. The Morgan fingerprint density at radius 3 is 2.53 bits per heavy atom. The molecule has 1 aromatic carbocycles. The molecule has 0 heterocycles. The van der Waals surface area contributed by atoms with Gasteiger partial charge in [0, 0.05) is 10.7 Å². The lowest BCUT2D eigenvalue weighted by Crippen LogP contribution is -2.08. The molecular formula is C10H10BrClO4S. The fraction of sp³-hybridized carbons (Fsp3) is 0.300. The van der Waals surface area contributed by atoms with Crippen molar-refractivity contribution in [3.63, 3.8) is 0 Å². The average Bonchev–Trinajstić information content (AvgIpc) is 2.19. The highest BCUT2D eigenvalue weighted by atomic mass is 79.9. The molecule has 0 saturated heterocycles. The minimum absolute atomic E-state index is 0.122. The minimum atomic E-state index is -3.91. The molecule has 1 rings (SSSR count). The predicted molar refractivity (Wildman–Crippen MR) is 67.9 cm³/mol. The molecule has 0 amide bonds. The van der Waals surface area contributed by atoms with Gasteiger partial charge in [-0.1, -0.05) is 0 Å². The van der Waals surface area contributed by atoms with Crippen LogP contribution in [0.4, 0.5) is 0 Å². The van der Waals surface area contributed by atoms with Crippen LogP contribution in [0, 0.1) is 6.92 Å². The molecule has 0 bridgehead atoms. The van der Waals surface area contributed by atoms with E-state index in [1.807, 2.05) is 0 Å². The third kappa shape index (κ3) is 3.43. The molecule has 94 valence electrons. The Balaban J connectivity index is 3.44. The molecule has 0 radical (unpaired) electrons. The molecule has 0 aliphatic rings. The number of benzene rings is 1. The van der Waals surface area contributed by atoms with Gasteiger partial charge in [0.25, 0.3) is 9.05 Å². The van der Waals surface area contributed by atoms with Gasteiger partial charge < -0.3 is 4.74 Å². The van der Waals surface area contributed by atoms with Crippen molar-refractivity contribution in [1.29, 1.82) is 0 Å². The zero-order valence-corrected chi connectivity index (χ0v) is 12.3. The van der Waals surface area contributed by atoms with Gasteiger partial charge in [0.05, 0.1) is 21.5 Å². The van der Waals surface area contributed by atoms with Crippen LogP contribution in [0.15, 0.2) is 21.5 Å². The predicted octanol–water partition coefficient (Wildman–Crippen LogP) is 2.86. The first-order valence-electron chi connectivity index (χ1n) is 4.69. The molecule has 17 heavy (non-hydrogen) atoms. The van der Waals surface area contributed by atoms with Crippen LogP contribution >= 0.6 is 26.6 Å². The van der Waals surface area contributed by atoms with Crippen LogP contribution in [-0.2, 0) is 13.8 Å². The Morgan fingerprint density at radius 2 is 2.06 bits per heavy atom. The molecule has 0 spiro atoms. The Kier molecular flexibility index (Phi) is 4.57. The first-order chi connectivity index (χ1) is 7.77. The molecule has 0 aromatic heterocycles. The number of rotatable bonds is 3. The standard InChI is InChI=1S/C10H10BrClO4S/c1-3-16-10(13)7-4-6(2)5-8(9(7)11)17(12,14)15/h4-5H,3H2,1-2H3. The van der Waals surface area contributed by atoms with Crippen molar-refractivity contribution in [2.24, 2.45) is 0 Å². The number of hydrogen-bond acceptors (Lipinski definition) is 4. The third-order valence-corrected chi connectivity index (χ3v) is 4.40. The third-order valence-electron chi connectivity index (χ3n) is 1.94. The maximum absolute atomic E-state index is 11.6. The van der Waals surface area contributed by atoms with Crippen molar-refractivity contribution in [3.8, 4) is 0 Å². The summed E-state index contributed by atoms with van der Waals surface area (Å²) in [5.41, 5.74) is 0.751.